The van der Waals surface area contributed by atoms with Crippen molar-refractivity contribution in [3.8, 4) is 5.75 Å². The van der Waals surface area contributed by atoms with Gasteiger partial charge >= 0.3 is 0 Å². The average Bonchev–Trinajstić information content (AvgIpc) is 2.47. The number of aryl methyl sites for hydroxylation is 1. The van der Waals surface area contributed by atoms with E-state index in [0.717, 1.165) is 24.3 Å². The Bertz CT molecular complexity index is 528. The van der Waals surface area contributed by atoms with Crippen LogP contribution in [0.25, 0.3) is 0 Å². The SMILES string of the molecule is Cc1ccc(CNCCCOc2ccccc2)cc1F. The molecular weight excluding hydrogens is 253 g/mol. The zero-order chi connectivity index (χ0) is 14.2. The zero-order valence-corrected chi connectivity index (χ0v) is 11.7. The molecule has 2 rings (SSSR count). The third-order valence-corrected chi connectivity index (χ3v) is 3.08. The largest absolute Gasteiger partial charge is 0.494 e. The van der Waals surface area contributed by atoms with Gasteiger partial charge in [-0.3, -0.25) is 0 Å². The molecule has 0 heterocycles. The van der Waals surface area contributed by atoms with Crippen molar-refractivity contribution in [3.05, 3.63) is 65.5 Å². The lowest BCUT2D eigenvalue weighted by molar-refractivity contribution is 0.308. The minimum Gasteiger partial charge on any atom is -0.494 e. The molecule has 20 heavy (non-hydrogen) atoms. The summed E-state index contributed by atoms with van der Waals surface area (Å²) in [7, 11) is 0. The van der Waals surface area contributed by atoms with Crippen LogP contribution in [0, 0.1) is 12.7 Å². The highest BCUT2D eigenvalue weighted by atomic mass is 19.1. The predicted molar refractivity (Wildman–Crippen MR) is 79.4 cm³/mol. The molecule has 1 N–H and O–H groups in total. The Balaban J connectivity index is 1.61. The first-order valence-corrected chi connectivity index (χ1v) is 6.89. The first-order valence-electron chi connectivity index (χ1n) is 6.89. The van der Waals surface area contributed by atoms with E-state index in [4.69, 9.17) is 4.74 Å². The van der Waals surface area contributed by atoms with Gasteiger partial charge in [-0.1, -0.05) is 30.3 Å². The second-order valence-corrected chi connectivity index (χ2v) is 4.78. The van der Waals surface area contributed by atoms with E-state index < -0.39 is 0 Å². The van der Waals surface area contributed by atoms with E-state index in [2.05, 4.69) is 5.32 Å². The summed E-state index contributed by atoms with van der Waals surface area (Å²) in [6.07, 6.45) is 0.920. The van der Waals surface area contributed by atoms with Crippen molar-refractivity contribution in [3.63, 3.8) is 0 Å². The number of halogens is 1. The van der Waals surface area contributed by atoms with Gasteiger partial charge in [-0.2, -0.15) is 0 Å². The van der Waals surface area contributed by atoms with Gasteiger partial charge in [0.05, 0.1) is 6.61 Å². The molecule has 0 radical (unpaired) electrons. The molecule has 0 saturated carbocycles. The van der Waals surface area contributed by atoms with Crippen LogP contribution in [-0.2, 0) is 6.54 Å². The summed E-state index contributed by atoms with van der Waals surface area (Å²) in [5.41, 5.74) is 1.65. The highest BCUT2D eigenvalue weighted by Gasteiger charge is 1.99. The van der Waals surface area contributed by atoms with Crippen molar-refractivity contribution in [1.82, 2.24) is 5.32 Å². The molecule has 0 unspecified atom stereocenters. The van der Waals surface area contributed by atoms with Crippen LogP contribution in [0.3, 0.4) is 0 Å². The van der Waals surface area contributed by atoms with Crippen molar-refractivity contribution in [2.24, 2.45) is 0 Å². The van der Waals surface area contributed by atoms with Crippen molar-refractivity contribution in [2.45, 2.75) is 19.9 Å². The number of ether oxygens (including phenoxy) is 1. The van der Waals surface area contributed by atoms with Crippen LogP contribution in [-0.4, -0.2) is 13.2 Å². The topological polar surface area (TPSA) is 21.3 Å². The average molecular weight is 273 g/mol. The molecule has 2 aromatic rings. The van der Waals surface area contributed by atoms with E-state index in [1.165, 1.54) is 0 Å². The molecule has 2 nitrogen and oxygen atoms in total. The Hall–Kier alpha value is -1.87. The van der Waals surface area contributed by atoms with Gasteiger partial charge in [-0.25, -0.2) is 4.39 Å². The van der Waals surface area contributed by atoms with Gasteiger partial charge in [0.2, 0.25) is 0 Å². The van der Waals surface area contributed by atoms with Gasteiger partial charge in [0.25, 0.3) is 0 Å². The Morgan fingerprint density at radius 2 is 1.90 bits per heavy atom. The van der Waals surface area contributed by atoms with Crippen LogP contribution in [0.5, 0.6) is 5.75 Å². The van der Waals surface area contributed by atoms with E-state index in [9.17, 15) is 4.39 Å². The Morgan fingerprint density at radius 3 is 2.65 bits per heavy atom. The molecule has 0 aliphatic heterocycles. The number of rotatable bonds is 7. The molecule has 0 atom stereocenters. The smallest absolute Gasteiger partial charge is 0.126 e. The maximum Gasteiger partial charge on any atom is 0.126 e. The van der Waals surface area contributed by atoms with Crippen molar-refractivity contribution in [1.29, 1.82) is 0 Å². The number of nitrogens with one attached hydrogen (secondary N) is 1. The molecule has 0 saturated heterocycles. The van der Waals surface area contributed by atoms with Gasteiger partial charge in [0, 0.05) is 6.54 Å². The Labute approximate surface area is 119 Å². The number of para-hydroxylation sites is 1. The van der Waals surface area contributed by atoms with Crippen molar-refractivity contribution < 1.29 is 9.13 Å². The molecule has 0 aliphatic carbocycles. The molecule has 0 bridgehead atoms. The highest BCUT2D eigenvalue weighted by Crippen LogP contribution is 2.09. The van der Waals surface area contributed by atoms with Gasteiger partial charge in [0.1, 0.15) is 11.6 Å². The number of benzene rings is 2. The summed E-state index contributed by atoms with van der Waals surface area (Å²) < 4.78 is 18.9. The van der Waals surface area contributed by atoms with Crippen LogP contribution in [0.1, 0.15) is 17.5 Å². The fourth-order valence-corrected chi connectivity index (χ4v) is 1.88. The van der Waals surface area contributed by atoms with Crippen LogP contribution in [0.15, 0.2) is 48.5 Å². The molecular formula is C17H20FNO. The monoisotopic (exact) mass is 273 g/mol. The molecule has 0 aliphatic rings. The molecule has 3 heteroatoms. The number of hydrogen-bond acceptors (Lipinski definition) is 2. The van der Waals surface area contributed by atoms with E-state index >= 15 is 0 Å². The van der Waals surface area contributed by atoms with Crippen LogP contribution in [0.4, 0.5) is 4.39 Å². The molecule has 2 aromatic carbocycles. The molecule has 0 aromatic heterocycles. The zero-order valence-electron chi connectivity index (χ0n) is 11.7. The van der Waals surface area contributed by atoms with Gasteiger partial charge < -0.3 is 10.1 Å². The quantitative estimate of drug-likeness (QED) is 0.777. The fourth-order valence-electron chi connectivity index (χ4n) is 1.88. The van der Waals surface area contributed by atoms with Crippen molar-refractivity contribution >= 4 is 0 Å². The lowest BCUT2D eigenvalue weighted by Crippen LogP contribution is -2.17. The minimum atomic E-state index is -0.142. The van der Waals surface area contributed by atoms with E-state index in [1.807, 2.05) is 42.5 Å². The normalized spacial score (nSPS) is 10.5. The summed E-state index contributed by atoms with van der Waals surface area (Å²) in [5, 5.41) is 3.29. The standard InChI is InChI=1S/C17H20FNO/c1-14-8-9-15(12-17(14)18)13-19-10-5-11-20-16-6-3-2-4-7-16/h2-4,6-9,12,19H,5,10-11,13H2,1H3. The first-order chi connectivity index (χ1) is 9.75. The maximum absolute atomic E-state index is 13.3. The molecule has 106 valence electrons. The Morgan fingerprint density at radius 1 is 1.10 bits per heavy atom. The summed E-state index contributed by atoms with van der Waals surface area (Å²) >= 11 is 0. The maximum atomic E-state index is 13.3. The summed E-state index contributed by atoms with van der Waals surface area (Å²) in [4.78, 5) is 0. The van der Waals surface area contributed by atoms with E-state index in [-0.39, 0.29) is 5.82 Å². The van der Waals surface area contributed by atoms with Gasteiger partial charge in [-0.05, 0) is 49.2 Å². The van der Waals surface area contributed by atoms with E-state index in [0.29, 0.717) is 18.7 Å². The summed E-state index contributed by atoms with van der Waals surface area (Å²) in [5.74, 6) is 0.754. The van der Waals surface area contributed by atoms with Crippen LogP contribution in [0.2, 0.25) is 0 Å². The lowest BCUT2D eigenvalue weighted by Gasteiger charge is -2.08. The minimum absolute atomic E-state index is 0.142. The highest BCUT2D eigenvalue weighted by molar-refractivity contribution is 5.23. The van der Waals surface area contributed by atoms with Gasteiger partial charge in [0.15, 0.2) is 0 Å². The predicted octanol–water partition coefficient (Wildman–Crippen LogP) is 3.69. The number of hydrogen-bond donors (Lipinski definition) is 1. The fraction of sp³-hybridized carbons (Fsp3) is 0.294. The Kier molecular flexibility index (Phi) is 5.56. The molecule has 0 spiro atoms. The van der Waals surface area contributed by atoms with E-state index in [1.54, 1.807) is 13.0 Å². The van der Waals surface area contributed by atoms with Crippen LogP contribution < -0.4 is 10.1 Å². The van der Waals surface area contributed by atoms with Crippen molar-refractivity contribution in [2.75, 3.05) is 13.2 Å². The second kappa shape index (κ2) is 7.65. The first kappa shape index (κ1) is 14.5. The third kappa shape index (κ3) is 4.67. The summed E-state index contributed by atoms with van der Waals surface area (Å²) in [6, 6.07) is 15.1. The second-order valence-electron chi connectivity index (χ2n) is 4.78. The third-order valence-electron chi connectivity index (χ3n) is 3.08. The lowest BCUT2D eigenvalue weighted by atomic mass is 10.1. The molecule has 0 amide bonds. The molecule has 0 fully saturated rings. The van der Waals surface area contributed by atoms with Gasteiger partial charge in [-0.15, -0.1) is 0 Å². The summed E-state index contributed by atoms with van der Waals surface area (Å²) in [6.45, 7) is 3.98. The van der Waals surface area contributed by atoms with Crippen LogP contribution >= 0.6 is 0 Å².